The summed E-state index contributed by atoms with van der Waals surface area (Å²) in [4.78, 5) is 16.4. The number of rotatable bonds is 4. The minimum Gasteiger partial charge on any atom is -0.345 e. The molecule has 26 heavy (non-hydrogen) atoms. The van der Waals surface area contributed by atoms with E-state index in [9.17, 15) is 4.79 Å². The minimum absolute atomic E-state index is 0.0433. The van der Waals surface area contributed by atoms with Gasteiger partial charge in [-0.1, -0.05) is 22.4 Å². The third kappa shape index (κ3) is 3.07. The molecule has 2 heterocycles. The molecule has 0 spiro atoms. The fourth-order valence-electron chi connectivity index (χ4n) is 3.04. The SMILES string of the molecule is [B]C([B])([B])c1nc(-c2ccc3c(c2)CC[C@H]3NC(=O)c2cn[nH]c2)no1. The van der Waals surface area contributed by atoms with Crippen molar-refractivity contribution in [3.8, 4) is 11.4 Å². The van der Waals surface area contributed by atoms with Gasteiger partial charge in [-0.3, -0.25) is 9.89 Å². The first-order valence-electron chi connectivity index (χ1n) is 8.05. The van der Waals surface area contributed by atoms with Gasteiger partial charge in [-0.05, 0) is 30.0 Å². The van der Waals surface area contributed by atoms with Crippen LogP contribution in [0.3, 0.4) is 0 Å². The Morgan fingerprint density at radius 1 is 1.35 bits per heavy atom. The molecule has 1 aliphatic carbocycles. The van der Waals surface area contributed by atoms with Gasteiger partial charge >= 0.3 is 0 Å². The topological polar surface area (TPSA) is 96.7 Å². The molecule has 7 nitrogen and oxygen atoms in total. The van der Waals surface area contributed by atoms with E-state index in [2.05, 4.69) is 25.7 Å². The number of nitrogens with zero attached hydrogens (tertiary/aromatic N) is 3. The fourth-order valence-corrected chi connectivity index (χ4v) is 3.04. The molecule has 0 aliphatic heterocycles. The van der Waals surface area contributed by atoms with Crippen molar-refractivity contribution < 1.29 is 9.32 Å². The fraction of sp³-hybridized carbons (Fsp3) is 0.250. The largest absolute Gasteiger partial charge is 0.345 e. The van der Waals surface area contributed by atoms with E-state index in [-0.39, 0.29) is 17.8 Å². The third-order valence-electron chi connectivity index (χ3n) is 4.34. The zero-order valence-corrected chi connectivity index (χ0v) is 13.8. The number of H-pyrrole nitrogens is 1. The van der Waals surface area contributed by atoms with Crippen LogP contribution in [0.2, 0.25) is 0 Å². The second kappa shape index (κ2) is 6.19. The van der Waals surface area contributed by atoms with Crippen molar-refractivity contribution in [3.63, 3.8) is 0 Å². The Morgan fingerprint density at radius 3 is 2.88 bits per heavy atom. The number of fused-ring (bicyclic) bond motifs is 1. The van der Waals surface area contributed by atoms with Crippen molar-refractivity contribution >= 4 is 29.4 Å². The van der Waals surface area contributed by atoms with Crippen LogP contribution in [-0.2, 0) is 11.5 Å². The number of aromatic amines is 1. The summed E-state index contributed by atoms with van der Waals surface area (Å²) in [6.07, 6.45) is 4.71. The Hall–Kier alpha value is -2.77. The van der Waals surface area contributed by atoms with Crippen LogP contribution in [0.4, 0.5) is 0 Å². The molecule has 2 N–H and O–H groups in total. The van der Waals surface area contributed by atoms with Crippen LogP contribution < -0.4 is 5.32 Å². The van der Waals surface area contributed by atoms with Gasteiger partial charge < -0.3 is 9.84 Å². The number of amides is 1. The highest BCUT2D eigenvalue weighted by Gasteiger charge is 2.26. The number of carbonyl (C=O) groups is 1. The summed E-state index contributed by atoms with van der Waals surface area (Å²) in [5.41, 5.74) is 3.46. The van der Waals surface area contributed by atoms with Gasteiger partial charge in [-0.2, -0.15) is 10.1 Å². The lowest BCUT2D eigenvalue weighted by Crippen LogP contribution is -2.27. The lowest BCUT2D eigenvalue weighted by atomic mass is 9.42. The van der Waals surface area contributed by atoms with Crippen LogP contribution in [0.5, 0.6) is 0 Å². The Morgan fingerprint density at radius 2 is 2.19 bits per heavy atom. The van der Waals surface area contributed by atoms with Crippen LogP contribution in [0.1, 0.15) is 39.8 Å². The molecule has 0 saturated heterocycles. The van der Waals surface area contributed by atoms with Gasteiger partial charge in [0, 0.05) is 11.8 Å². The van der Waals surface area contributed by atoms with Crippen LogP contribution in [0.15, 0.2) is 35.1 Å². The molecule has 122 valence electrons. The second-order valence-corrected chi connectivity index (χ2v) is 6.32. The number of aromatic nitrogens is 4. The third-order valence-corrected chi connectivity index (χ3v) is 4.34. The summed E-state index contributed by atoms with van der Waals surface area (Å²) in [7, 11) is 16.7. The molecule has 3 aromatic rings. The molecule has 4 rings (SSSR count). The summed E-state index contributed by atoms with van der Waals surface area (Å²) >= 11 is 0. The highest BCUT2D eigenvalue weighted by molar-refractivity contribution is 6.58. The van der Waals surface area contributed by atoms with E-state index in [1.54, 1.807) is 6.20 Å². The maximum Gasteiger partial charge on any atom is 0.254 e. The minimum atomic E-state index is -1.68. The van der Waals surface area contributed by atoms with Crippen LogP contribution in [0, 0.1) is 0 Å². The summed E-state index contributed by atoms with van der Waals surface area (Å²) < 4.78 is 5.02. The lowest BCUT2D eigenvalue weighted by molar-refractivity contribution is 0.0937. The smallest absolute Gasteiger partial charge is 0.254 e. The summed E-state index contributed by atoms with van der Waals surface area (Å²) in [5, 5.41) is 11.6. The maximum absolute atomic E-state index is 12.2. The van der Waals surface area contributed by atoms with E-state index in [1.807, 2.05) is 18.2 Å². The zero-order chi connectivity index (χ0) is 18.3. The number of hydrogen-bond acceptors (Lipinski definition) is 5. The van der Waals surface area contributed by atoms with Crippen molar-refractivity contribution in [2.24, 2.45) is 0 Å². The maximum atomic E-state index is 12.2. The van der Waals surface area contributed by atoms with E-state index in [4.69, 9.17) is 28.1 Å². The van der Waals surface area contributed by atoms with Crippen molar-refractivity contribution in [3.05, 3.63) is 53.2 Å². The number of hydrogen-bond donors (Lipinski definition) is 2. The predicted molar refractivity (Wildman–Crippen MR) is 95.8 cm³/mol. The predicted octanol–water partition coefficient (Wildman–Crippen LogP) is 0.493. The lowest BCUT2D eigenvalue weighted by Gasteiger charge is -2.13. The van der Waals surface area contributed by atoms with Gasteiger partial charge in [-0.25, -0.2) is 0 Å². The Labute approximate surface area is 153 Å². The standard InChI is InChI=1S/C16H12B3N5O2/c17-16(18,19)15-23-13(24-26-15)9-1-3-11-8(5-9)2-4-12(11)22-14(25)10-6-20-21-7-10/h1,3,5-7,12H,2,4H2,(H,20,21)(H,22,25)/t12-/m1/s1. The molecule has 0 bridgehead atoms. The van der Waals surface area contributed by atoms with Gasteiger partial charge in [0.1, 0.15) is 0 Å². The monoisotopic (exact) mass is 339 g/mol. The molecule has 6 radical (unpaired) electrons. The quantitative estimate of drug-likeness (QED) is 0.675. The number of aryl methyl sites for hydroxylation is 1. The van der Waals surface area contributed by atoms with Crippen LogP contribution in [0.25, 0.3) is 11.4 Å². The van der Waals surface area contributed by atoms with Gasteiger partial charge in [0.2, 0.25) is 11.7 Å². The van der Waals surface area contributed by atoms with Crippen molar-refractivity contribution in [1.29, 1.82) is 0 Å². The first-order valence-corrected chi connectivity index (χ1v) is 8.05. The molecule has 10 heteroatoms. The van der Waals surface area contributed by atoms with Gasteiger partial charge in [0.15, 0.2) is 0 Å². The van der Waals surface area contributed by atoms with Gasteiger partial charge in [0.25, 0.3) is 5.91 Å². The Bertz CT molecular complexity index is 949. The first-order chi connectivity index (χ1) is 12.4. The zero-order valence-electron chi connectivity index (χ0n) is 13.8. The van der Waals surface area contributed by atoms with E-state index in [0.717, 1.165) is 29.5 Å². The Kier molecular flexibility index (Phi) is 3.98. The van der Waals surface area contributed by atoms with Crippen molar-refractivity contribution in [2.45, 2.75) is 24.0 Å². The summed E-state index contributed by atoms with van der Waals surface area (Å²) in [6, 6.07) is 5.74. The van der Waals surface area contributed by atoms with Crippen molar-refractivity contribution in [2.75, 3.05) is 0 Å². The average Bonchev–Trinajstić information content (AvgIpc) is 3.34. The van der Waals surface area contributed by atoms with Crippen molar-refractivity contribution in [1.82, 2.24) is 25.7 Å². The Balaban J connectivity index is 1.55. The van der Waals surface area contributed by atoms with Gasteiger partial charge in [-0.15, -0.1) is 0 Å². The first kappa shape index (κ1) is 16.7. The number of carbonyl (C=O) groups excluding carboxylic acids is 1. The highest BCUT2D eigenvalue weighted by atomic mass is 16.5. The average molecular weight is 339 g/mol. The molecule has 0 saturated carbocycles. The highest BCUT2D eigenvalue weighted by Crippen LogP contribution is 2.34. The number of nitrogens with one attached hydrogen (secondary N) is 2. The molecule has 1 amide bonds. The molecular weight excluding hydrogens is 327 g/mol. The van der Waals surface area contributed by atoms with E-state index < -0.39 is 5.11 Å². The van der Waals surface area contributed by atoms with Gasteiger partial charge in [0.05, 0.1) is 41.3 Å². The summed E-state index contributed by atoms with van der Waals surface area (Å²) in [5.74, 6) is 0.159. The molecule has 2 aromatic heterocycles. The number of benzene rings is 1. The summed E-state index contributed by atoms with van der Waals surface area (Å²) in [6.45, 7) is 0. The van der Waals surface area contributed by atoms with E-state index in [1.165, 1.54) is 6.20 Å². The van der Waals surface area contributed by atoms with Crippen LogP contribution >= 0.6 is 0 Å². The molecule has 1 atom stereocenters. The van der Waals surface area contributed by atoms with E-state index >= 15 is 0 Å². The molecule has 1 aromatic carbocycles. The molecule has 1 aliphatic rings. The normalized spacial score (nSPS) is 16.4. The molecular formula is C16H12B3N5O2. The molecule has 0 unspecified atom stereocenters. The second-order valence-electron chi connectivity index (χ2n) is 6.32. The van der Waals surface area contributed by atoms with Crippen LogP contribution in [-0.4, -0.2) is 49.8 Å². The van der Waals surface area contributed by atoms with E-state index in [0.29, 0.717) is 11.4 Å². The molecule has 0 fully saturated rings.